The van der Waals surface area contributed by atoms with Gasteiger partial charge in [-0.15, -0.1) is 11.3 Å². The van der Waals surface area contributed by atoms with Crippen LogP contribution in [-0.2, 0) is 10.0 Å². The van der Waals surface area contributed by atoms with Crippen molar-refractivity contribution in [2.45, 2.75) is 23.6 Å². The van der Waals surface area contributed by atoms with Gasteiger partial charge in [0.25, 0.3) is 10.0 Å². The number of anilines is 1. The van der Waals surface area contributed by atoms with E-state index in [1.54, 1.807) is 24.6 Å². The molecule has 2 amide bonds. The summed E-state index contributed by atoms with van der Waals surface area (Å²) in [7, 11) is -1.80. The maximum atomic E-state index is 12.7. The first kappa shape index (κ1) is 22.7. The van der Waals surface area contributed by atoms with Gasteiger partial charge in [0.05, 0.1) is 11.2 Å². The van der Waals surface area contributed by atoms with Gasteiger partial charge in [0.1, 0.15) is 4.21 Å². The average Bonchev–Trinajstić information content (AvgIpc) is 3.46. The third-order valence-corrected chi connectivity index (χ3v) is 8.98. The van der Waals surface area contributed by atoms with Crippen molar-refractivity contribution in [3.8, 4) is 0 Å². The van der Waals surface area contributed by atoms with Gasteiger partial charge in [-0.1, -0.05) is 24.3 Å². The minimum absolute atomic E-state index is 0.0675. The summed E-state index contributed by atoms with van der Waals surface area (Å²) in [6.45, 7) is 4.48. The molecule has 170 valence electrons. The quantitative estimate of drug-likeness (QED) is 0.550. The number of hydrogen-bond acceptors (Lipinski definition) is 6. The van der Waals surface area contributed by atoms with E-state index in [9.17, 15) is 13.2 Å². The monoisotopic (exact) mass is 473 g/mol. The molecule has 8 nitrogen and oxygen atoms in total. The summed E-state index contributed by atoms with van der Waals surface area (Å²) in [6.07, 6.45) is 0.773. The second kappa shape index (κ2) is 9.53. The standard InChI is InChI=1S/C22H27N5O3S2/c1-16-14-20(18-6-3-4-7-19(18)24-16)25-22(28)23-10-12-27-11-9-17(15-27)26(2)32(29,30)21-8-5-13-31-21/h3-8,13-14,17H,9-12,15H2,1-2H3,(H2,23,24,25,28). The van der Waals surface area contributed by atoms with Gasteiger partial charge in [-0.25, -0.2) is 13.2 Å². The first-order valence-corrected chi connectivity index (χ1v) is 12.8. The van der Waals surface area contributed by atoms with E-state index in [4.69, 9.17) is 0 Å². The zero-order valence-corrected chi connectivity index (χ0v) is 19.7. The van der Waals surface area contributed by atoms with Crippen molar-refractivity contribution in [1.29, 1.82) is 0 Å². The molecule has 3 aromatic rings. The van der Waals surface area contributed by atoms with Crippen LogP contribution in [0.5, 0.6) is 0 Å². The number of urea groups is 1. The molecule has 0 aliphatic carbocycles. The fourth-order valence-electron chi connectivity index (χ4n) is 3.97. The Morgan fingerprint density at radius 3 is 2.88 bits per heavy atom. The number of likely N-dealkylation sites (N-methyl/N-ethyl adjacent to an activating group) is 1. The number of nitrogens with one attached hydrogen (secondary N) is 2. The van der Waals surface area contributed by atoms with Gasteiger partial charge < -0.3 is 10.6 Å². The third kappa shape index (κ3) is 4.93. The lowest BCUT2D eigenvalue weighted by Crippen LogP contribution is -2.40. The van der Waals surface area contributed by atoms with Crippen LogP contribution in [0.3, 0.4) is 0 Å². The molecule has 0 bridgehead atoms. The van der Waals surface area contributed by atoms with Crippen LogP contribution in [0.1, 0.15) is 12.1 Å². The fraction of sp³-hybridized carbons (Fsp3) is 0.364. The second-order valence-electron chi connectivity index (χ2n) is 7.91. The van der Waals surface area contributed by atoms with Gasteiger partial charge >= 0.3 is 6.03 Å². The van der Waals surface area contributed by atoms with E-state index < -0.39 is 10.0 Å². The highest BCUT2D eigenvalue weighted by Crippen LogP contribution is 2.25. The van der Waals surface area contributed by atoms with Gasteiger partial charge in [-0.05, 0) is 43.5 Å². The molecule has 1 atom stereocenters. The van der Waals surface area contributed by atoms with E-state index in [0.29, 0.717) is 23.8 Å². The van der Waals surface area contributed by atoms with Crippen LogP contribution in [-0.4, -0.2) is 67.9 Å². The van der Waals surface area contributed by atoms with E-state index in [1.165, 1.54) is 15.6 Å². The molecule has 1 aliphatic rings. The van der Waals surface area contributed by atoms with Gasteiger partial charge in [-0.3, -0.25) is 9.88 Å². The van der Waals surface area contributed by atoms with Gasteiger partial charge in [0.15, 0.2) is 0 Å². The Morgan fingerprint density at radius 2 is 2.09 bits per heavy atom. The van der Waals surface area contributed by atoms with E-state index in [-0.39, 0.29) is 12.1 Å². The molecule has 1 saturated heterocycles. The lowest BCUT2D eigenvalue weighted by molar-refractivity contribution is 0.248. The van der Waals surface area contributed by atoms with Gasteiger partial charge in [0.2, 0.25) is 0 Å². The molecular formula is C22H27N5O3S2. The smallest absolute Gasteiger partial charge is 0.319 e. The van der Waals surface area contributed by atoms with Crippen molar-refractivity contribution in [2.24, 2.45) is 0 Å². The summed E-state index contributed by atoms with van der Waals surface area (Å²) < 4.78 is 27.3. The number of pyridine rings is 1. The van der Waals surface area contributed by atoms with Crippen LogP contribution in [0.4, 0.5) is 10.5 Å². The molecule has 1 aromatic carbocycles. The van der Waals surface area contributed by atoms with Gasteiger partial charge in [0, 0.05) is 43.8 Å². The Morgan fingerprint density at radius 1 is 1.28 bits per heavy atom. The van der Waals surface area contributed by atoms with Crippen LogP contribution in [0.2, 0.25) is 0 Å². The SMILES string of the molecule is Cc1cc(NC(=O)NCCN2CCC(N(C)S(=O)(=O)c3cccs3)C2)c2ccccc2n1. The number of aryl methyl sites for hydroxylation is 1. The molecule has 2 N–H and O–H groups in total. The van der Waals surface area contributed by atoms with E-state index >= 15 is 0 Å². The first-order chi connectivity index (χ1) is 15.3. The highest BCUT2D eigenvalue weighted by Gasteiger charge is 2.33. The topological polar surface area (TPSA) is 94.6 Å². The number of para-hydroxylation sites is 1. The molecule has 4 rings (SSSR count). The van der Waals surface area contributed by atoms with Crippen molar-refractivity contribution in [3.63, 3.8) is 0 Å². The van der Waals surface area contributed by atoms with E-state index in [0.717, 1.165) is 35.2 Å². The van der Waals surface area contributed by atoms with Gasteiger partial charge in [-0.2, -0.15) is 4.31 Å². The molecule has 3 heterocycles. The lowest BCUT2D eigenvalue weighted by atomic mass is 10.1. The zero-order chi connectivity index (χ0) is 22.7. The number of hydrogen-bond donors (Lipinski definition) is 2. The Kier molecular flexibility index (Phi) is 6.75. The van der Waals surface area contributed by atoms with Crippen LogP contribution in [0.15, 0.2) is 52.1 Å². The highest BCUT2D eigenvalue weighted by atomic mass is 32.2. The summed E-state index contributed by atoms with van der Waals surface area (Å²) >= 11 is 1.24. The predicted octanol–water partition coefficient (Wildman–Crippen LogP) is 3.12. The maximum absolute atomic E-state index is 12.7. The molecule has 32 heavy (non-hydrogen) atoms. The zero-order valence-electron chi connectivity index (χ0n) is 18.1. The van der Waals surface area contributed by atoms with Crippen LogP contribution >= 0.6 is 11.3 Å². The second-order valence-corrected chi connectivity index (χ2v) is 11.1. The number of sulfonamides is 1. The summed E-state index contributed by atoms with van der Waals surface area (Å²) in [5.74, 6) is 0. The molecule has 10 heteroatoms. The van der Waals surface area contributed by atoms with Crippen molar-refractivity contribution < 1.29 is 13.2 Å². The molecule has 1 unspecified atom stereocenters. The number of rotatable bonds is 7. The van der Waals surface area contributed by atoms with Crippen LogP contribution < -0.4 is 10.6 Å². The number of nitrogens with zero attached hydrogens (tertiary/aromatic N) is 3. The Bertz CT molecular complexity index is 1200. The number of carbonyl (C=O) groups excluding carboxylic acids is 1. The number of benzene rings is 1. The van der Waals surface area contributed by atoms with E-state index in [1.807, 2.05) is 37.3 Å². The summed E-state index contributed by atoms with van der Waals surface area (Å²) in [6, 6.07) is 12.6. The number of carbonyl (C=O) groups is 1. The molecule has 2 aromatic heterocycles. The highest BCUT2D eigenvalue weighted by molar-refractivity contribution is 7.91. The number of fused-ring (bicyclic) bond motifs is 1. The number of likely N-dealkylation sites (tertiary alicyclic amines) is 1. The van der Waals surface area contributed by atoms with Crippen molar-refractivity contribution in [3.05, 3.63) is 53.5 Å². The largest absolute Gasteiger partial charge is 0.337 e. The Hall–Kier alpha value is -2.53. The van der Waals surface area contributed by atoms with Crippen molar-refractivity contribution in [1.82, 2.24) is 19.5 Å². The van der Waals surface area contributed by atoms with Crippen molar-refractivity contribution in [2.75, 3.05) is 38.5 Å². The number of aromatic nitrogens is 1. The number of amides is 2. The average molecular weight is 474 g/mol. The summed E-state index contributed by atoms with van der Waals surface area (Å²) in [5, 5.41) is 8.48. The first-order valence-electron chi connectivity index (χ1n) is 10.5. The minimum atomic E-state index is -3.45. The minimum Gasteiger partial charge on any atom is -0.337 e. The molecule has 0 spiro atoms. The van der Waals surface area contributed by atoms with E-state index in [2.05, 4.69) is 20.5 Å². The fourth-order valence-corrected chi connectivity index (χ4v) is 6.52. The summed E-state index contributed by atoms with van der Waals surface area (Å²) in [4.78, 5) is 19.1. The molecule has 0 saturated carbocycles. The van der Waals surface area contributed by atoms with Crippen LogP contribution in [0, 0.1) is 6.92 Å². The number of thiophene rings is 1. The van der Waals surface area contributed by atoms with Crippen LogP contribution in [0.25, 0.3) is 10.9 Å². The maximum Gasteiger partial charge on any atom is 0.319 e. The lowest BCUT2D eigenvalue weighted by Gasteiger charge is -2.23. The molecule has 1 fully saturated rings. The third-order valence-electron chi connectivity index (χ3n) is 5.70. The normalized spacial score (nSPS) is 17.2. The summed E-state index contributed by atoms with van der Waals surface area (Å²) in [5.41, 5.74) is 2.41. The molecular weight excluding hydrogens is 446 g/mol. The molecule has 0 radical (unpaired) electrons. The Labute approximate surface area is 192 Å². The predicted molar refractivity (Wildman–Crippen MR) is 128 cm³/mol. The van der Waals surface area contributed by atoms with Crippen molar-refractivity contribution >= 4 is 44.0 Å². The molecule has 1 aliphatic heterocycles. The Balaban J connectivity index is 1.27.